The van der Waals surface area contributed by atoms with E-state index in [9.17, 15) is 8.42 Å². The molecule has 1 saturated carbocycles. The summed E-state index contributed by atoms with van der Waals surface area (Å²) in [6.45, 7) is 0. The van der Waals surface area contributed by atoms with Crippen molar-refractivity contribution in [1.29, 1.82) is 0 Å². The monoisotopic (exact) mass is 307 g/mol. The van der Waals surface area contributed by atoms with Crippen molar-refractivity contribution >= 4 is 26.0 Å². The molecule has 0 aliphatic heterocycles. The van der Waals surface area contributed by atoms with Crippen LogP contribution < -0.4 is 4.72 Å². The van der Waals surface area contributed by atoms with Crippen molar-refractivity contribution in [1.82, 2.24) is 14.9 Å². The third-order valence-electron chi connectivity index (χ3n) is 2.76. The molecular formula is C9H14BrN3O2S. The lowest BCUT2D eigenvalue weighted by molar-refractivity contribution is 0.423. The maximum atomic E-state index is 11.9. The molecule has 0 unspecified atom stereocenters. The number of aromatic nitrogens is 2. The number of rotatable bonds is 3. The molecule has 0 saturated heterocycles. The van der Waals surface area contributed by atoms with Crippen LogP contribution in [0.5, 0.6) is 0 Å². The maximum absolute atomic E-state index is 11.9. The van der Waals surface area contributed by atoms with Crippen LogP contribution in [0.4, 0.5) is 0 Å². The van der Waals surface area contributed by atoms with Crippen LogP contribution >= 0.6 is 15.9 Å². The second kappa shape index (κ2) is 4.85. The second-order valence-electron chi connectivity index (χ2n) is 4.00. The number of nitrogens with zero attached hydrogens (tertiary/aromatic N) is 1. The van der Waals surface area contributed by atoms with Gasteiger partial charge >= 0.3 is 0 Å². The Morgan fingerprint density at radius 3 is 2.62 bits per heavy atom. The molecule has 1 aromatic heterocycles. The van der Waals surface area contributed by atoms with Gasteiger partial charge in [0.05, 0.1) is 6.20 Å². The van der Waals surface area contributed by atoms with E-state index < -0.39 is 10.0 Å². The molecule has 0 atom stereocenters. The van der Waals surface area contributed by atoms with E-state index in [1.165, 1.54) is 12.4 Å². The summed E-state index contributed by atoms with van der Waals surface area (Å²) in [7, 11) is -3.39. The first-order valence-corrected chi connectivity index (χ1v) is 7.63. The molecule has 1 aliphatic carbocycles. The van der Waals surface area contributed by atoms with Gasteiger partial charge in [-0.2, -0.15) is 5.10 Å². The standard InChI is InChI=1S/C9H14BrN3O2S/c10-7-1-3-8(4-2-7)13-16(14,15)9-5-11-12-6-9/h5-8,13H,1-4H2,(H,11,12). The van der Waals surface area contributed by atoms with Crippen LogP contribution in [0.1, 0.15) is 25.7 Å². The average molecular weight is 308 g/mol. The first kappa shape index (κ1) is 12.1. The van der Waals surface area contributed by atoms with E-state index >= 15 is 0 Å². The zero-order valence-corrected chi connectivity index (χ0v) is 11.1. The highest BCUT2D eigenvalue weighted by molar-refractivity contribution is 9.09. The fourth-order valence-corrected chi connectivity index (χ4v) is 3.58. The first-order valence-electron chi connectivity index (χ1n) is 5.23. The molecule has 7 heteroatoms. The summed E-state index contributed by atoms with van der Waals surface area (Å²) in [4.78, 5) is 0.732. The molecule has 16 heavy (non-hydrogen) atoms. The molecule has 0 aromatic carbocycles. The maximum Gasteiger partial charge on any atom is 0.243 e. The van der Waals surface area contributed by atoms with Crippen LogP contribution in [-0.2, 0) is 10.0 Å². The Kier molecular flexibility index (Phi) is 3.66. The van der Waals surface area contributed by atoms with Crippen LogP contribution in [0.25, 0.3) is 0 Å². The molecule has 0 spiro atoms. The summed E-state index contributed by atoms with van der Waals surface area (Å²) in [5.74, 6) is 0. The molecule has 0 bridgehead atoms. The lowest BCUT2D eigenvalue weighted by atomic mass is 9.96. The van der Waals surface area contributed by atoms with Gasteiger partial charge in [0.15, 0.2) is 0 Å². The van der Waals surface area contributed by atoms with E-state index in [0.29, 0.717) is 4.83 Å². The predicted octanol–water partition coefficient (Wildman–Crippen LogP) is 1.39. The summed E-state index contributed by atoms with van der Waals surface area (Å²) < 4.78 is 26.4. The molecule has 90 valence electrons. The van der Waals surface area contributed by atoms with Gasteiger partial charge in [0.25, 0.3) is 0 Å². The highest BCUT2D eigenvalue weighted by Crippen LogP contribution is 2.25. The molecule has 2 N–H and O–H groups in total. The van der Waals surface area contributed by atoms with E-state index in [1.54, 1.807) is 0 Å². The van der Waals surface area contributed by atoms with Gasteiger partial charge in [-0.05, 0) is 25.7 Å². The average Bonchev–Trinajstić information content (AvgIpc) is 2.75. The molecule has 1 aromatic rings. The van der Waals surface area contributed by atoms with Crippen molar-refractivity contribution < 1.29 is 8.42 Å². The summed E-state index contributed by atoms with van der Waals surface area (Å²) >= 11 is 3.54. The number of halogens is 1. The molecule has 1 heterocycles. The predicted molar refractivity (Wildman–Crippen MR) is 63.9 cm³/mol. The summed E-state index contributed by atoms with van der Waals surface area (Å²) in [5, 5.41) is 6.15. The minimum atomic E-state index is -3.39. The Balaban J connectivity index is 2.00. The number of aromatic amines is 1. The smallest absolute Gasteiger partial charge is 0.243 e. The van der Waals surface area contributed by atoms with Crippen LogP contribution in [0.3, 0.4) is 0 Å². The molecule has 0 amide bonds. The summed E-state index contributed by atoms with van der Waals surface area (Å²) in [6.07, 6.45) is 6.49. The fourth-order valence-electron chi connectivity index (χ4n) is 1.84. The fraction of sp³-hybridized carbons (Fsp3) is 0.667. The van der Waals surface area contributed by atoms with Gasteiger partial charge in [0, 0.05) is 17.1 Å². The van der Waals surface area contributed by atoms with E-state index in [2.05, 4.69) is 30.8 Å². The Hall–Kier alpha value is -0.400. The van der Waals surface area contributed by atoms with Crippen LogP contribution in [0.15, 0.2) is 17.3 Å². The van der Waals surface area contributed by atoms with E-state index in [-0.39, 0.29) is 10.9 Å². The molecule has 1 aliphatic rings. The Bertz CT molecular complexity index is 424. The van der Waals surface area contributed by atoms with Crippen molar-refractivity contribution in [2.45, 2.75) is 41.4 Å². The van der Waals surface area contributed by atoms with Gasteiger partial charge < -0.3 is 0 Å². The van der Waals surface area contributed by atoms with E-state index in [4.69, 9.17) is 0 Å². The van der Waals surface area contributed by atoms with Crippen molar-refractivity contribution in [3.8, 4) is 0 Å². The summed E-state index contributed by atoms with van der Waals surface area (Å²) in [6, 6.07) is 0.0497. The summed E-state index contributed by atoms with van der Waals surface area (Å²) in [5.41, 5.74) is 0. The topological polar surface area (TPSA) is 74.8 Å². The minimum absolute atomic E-state index is 0.0497. The van der Waals surface area contributed by atoms with Crippen molar-refractivity contribution in [2.24, 2.45) is 0 Å². The van der Waals surface area contributed by atoms with E-state index in [0.717, 1.165) is 25.7 Å². The quantitative estimate of drug-likeness (QED) is 0.829. The van der Waals surface area contributed by atoms with Crippen molar-refractivity contribution in [3.63, 3.8) is 0 Å². The molecule has 0 radical (unpaired) electrons. The molecule has 1 fully saturated rings. The van der Waals surface area contributed by atoms with Gasteiger partial charge in [-0.3, -0.25) is 5.10 Å². The van der Waals surface area contributed by atoms with Gasteiger partial charge in [-0.25, -0.2) is 13.1 Å². The van der Waals surface area contributed by atoms with Gasteiger partial charge in [0.2, 0.25) is 10.0 Å². The SMILES string of the molecule is O=S(=O)(NC1CCC(Br)CC1)c1cn[nH]c1. The molecule has 5 nitrogen and oxygen atoms in total. The molecular weight excluding hydrogens is 294 g/mol. The third-order valence-corrected chi connectivity index (χ3v) is 5.17. The lowest BCUT2D eigenvalue weighted by Crippen LogP contribution is -2.37. The zero-order valence-electron chi connectivity index (χ0n) is 8.69. The van der Waals surface area contributed by atoms with E-state index in [1.807, 2.05) is 0 Å². The van der Waals surface area contributed by atoms with Crippen LogP contribution in [-0.4, -0.2) is 29.5 Å². The normalized spacial score (nSPS) is 26.8. The lowest BCUT2D eigenvalue weighted by Gasteiger charge is -2.25. The Morgan fingerprint density at radius 2 is 2.06 bits per heavy atom. The Morgan fingerprint density at radius 1 is 1.38 bits per heavy atom. The van der Waals surface area contributed by atoms with Crippen molar-refractivity contribution in [2.75, 3.05) is 0 Å². The second-order valence-corrected chi connectivity index (χ2v) is 7.01. The minimum Gasteiger partial charge on any atom is -0.284 e. The molecule has 2 rings (SSSR count). The number of nitrogens with one attached hydrogen (secondary N) is 2. The highest BCUT2D eigenvalue weighted by atomic mass is 79.9. The number of alkyl halides is 1. The van der Waals surface area contributed by atoms with Gasteiger partial charge in [0.1, 0.15) is 4.90 Å². The first-order chi connectivity index (χ1) is 7.58. The number of sulfonamides is 1. The third kappa shape index (κ3) is 2.83. The Labute approximate surface area is 103 Å². The zero-order chi connectivity index (χ0) is 11.6. The van der Waals surface area contributed by atoms with Gasteiger partial charge in [-0.1, -0.05) is 15.9 Å². The van der Waals surface area contributed by atoms with Crippen molar-refractivity contribution in [3.05, 3.63) is 12.4 Å². The largest absolute Gasteiger partial charge is 0.284 e. The van der Waals surface area contributed by atoms with Gasteiger partial charge in [-0.15, -0.1) is 0 Å². The number of H-pyrrole nitrogens is 1. The number of hydrogen-bond donors (Lipinski definition) is 2. The highest BCUT2D eigenvalue weighted by Gasteiger charge is 2.24. The van der Waals surface area contributed by atoms with Crippen LogP contribution in [0, 0.1) is 0 Å². The number of hydrogen-bond acceptors (Lipinski definition) is 3. The van der Waals surface area contributed by atoms with Crippen LogP contribution in [0.2, 0.25) is 0 Å².